The number of aromatic nitrogens is 1. The maximum absolute atomic E-state index is 5.90. The SMILES string of the molecule is CCOC1CC(NC(C)c2nc(C)cs2)C12CCC2. The molecule has 3 nitrogen and oxygen atoms in total. The van der Waals surface area contributed by atoms with Crippen molar-refractivity contribution in [2.45, 2.75) is 64.6 Å². The van der Waals surface area contributed by atoms with Gasteiger partial charge in [0.1, 0.15) is 5.01 Å². The van der Waals surface area contributed by atoms with Crippen LogP contribution in [0.15, 0.2) is 5.38 Å². The molecule has 1 aromatic rings. The predicted molar refractivity (Wildman–Crippen MR) is 78.5 cm³/mol. The lowest BCUT2D eigenvalue weighted by molar-refractivity contribution is -0.174. The van der Waals surface area contributed by atoms with Gasteiger partial charge in [0.15, 0.2) is 0 Å². The van der Waals surface area contributed by atoms with Gasteiger partial charge in [0.05, 0.1) is 12.1 Å². The first kappa shape index (κ1) is 13.5. The van der Waals surface area contributed by atoms with Crippen molar-refractivity contribution in [3.63, 3.8) is 0 Å². The van der Waals surface area contributed by atoms with E-state index in [2.05, 4.69) is 36.5 Å². The first-order valence-corrected chi connectivity index (χ1v) is 8.33. The molecule has 0 amide bonds. The molecule has 1 aromatic heterocycles. The average molecular weight is 280 g/mol. The van der Waals surface area contributed by atoms with Crippen LogP contribution in [0.2, 0.25) is 0 Å². The molecule has 2 saturated carbocycles. The van der Waals surface area contributed by atoms with Crippen molar-refractivity contribution in [2.75, 3.05) is 6.61 Å². The van der Waals surface area contributed by atoms with Gasteiger partial charge in [-0.15, -0.1) is 11.3 Å². The molecule has 2 aliphatic carbocycles. The summed E-state index contributed by atoms with van der Waals surface area (Å²) in [5, 5.41) is 7.14. The quantitative estimate of drug-likeness (QED) is 0.897. The summed E-state index contributed by atoms with van der Waals surface area (Å²) in [6, 6.07) is 0.987. The summed E-state index contributed by atoms with van der Waals surface area (Å²) in [5.41, 5.74) is 1.57. The van der Waals surface area contributed by atoms with Gasteiger partial charge < -0.3 is 10.1 Å². The maximum Gasteiger partial charge on any atom is 0.110 e. The van der Waals surface area contributed by atoms with Gasteiger partial charge in [-0.05, 0) is 40.0 Å². The van der Waals surface area contributed by atoms with Gasteiger partial charge in [0.2, 0.25) is 0 Å². The van der Waals surface area contributed by atoms with Crippen LogP contribution in [0.3, 0.4) is 0 Å². The standard InChI is InChI=1S/C15H24N2OS/c1-4-18-13-8-12(15(13)6-5-7-15)17-11(3)14-16-10(2)9-19-14/h9,11-13,17H,4-8H2,1-3H3. The van der Waals surface area contributed by atoms with Crippen LogP contribution in [0, 0.1) is 12.3 Å². The highest BCUT2D eigenvalue weighted by molar-refractivity contribution is 7.09. The Kier molecular flexibility index (Phi) is 3.67. The van der Waals surface area contributed by atoms with Crippen molar-refractivity contribution in [2.24, 2.45) is 5.41 Å². The summed E-state index contributed by atoms with van der Waals surface area (Å²) in [5.74, 6) is 0. The third kappa shape index (κ3) is 2.24. The zero-order chi connectivity index (χ0) is 13.5. The molecule has 1 N–H and O–H groups in total. The van der Waals surface area contributed by atoms with Crippen LogP contribution in [0.1, 0.15) is 56.3 Å². The minimum absolute atomic E-state index is 0.365. The van der Waals surface area contributed by atoms with Crippen molar-refractivity contribution >= 4 is 11.3 Å². The fourth-order valence-corrected chi connectivity index (χ4v) is 4.43. The van der Waals surface area contributed by atoms with E-state index in [0.717, 1.165) is 12.3 Å². The Morgan fingerprint density at radius 1 is 1.58 bits per heavy atom. The van der Waals surface area contributed by atoms with E-state index in [-0.39, 0.29) is 0 Å². The molecule has 106 valence electrons. The van der Waals surface area contributed by atoms with Gasteiger partial charge >= 0.3 is 0 Å². The highest BCUT2D eigenvalue weighted by Gasteiger charge is 2.58. The van der Waals surface area contributed by atoms with Gasteiger partial charge in [0.25, 0.3) is 0 Å². The highest BCUT2D eigenvalue weighted by Crippen LogP contribution is 2.57. The van der Waals surface area contributed by atoms with Crippen LogP contribution in [0.5, 0.6) is 0 Å². The third-order valence-corrected chi connectivity index (χ3v) is 6.04. The van der Waals surface area contributed by atoms with E-state index in [1.165, 1.54) is 30.7 Å². The van der Waals surface area contributed by atoms with E-state index in [4.69, 9.17) is 4.74 Å². The minimum atomic E-state index is 0.365. The fourth-order valence-electron chi connectivity index (χ4n) is 3.62. The van der Waals surface area contributed by atoms with Gasteiger partial charge in [-0.3, -0.25) is 0 Å². The summed E-state index contributed by atoms with van der Waals surface area (Å²) in [6.45, 7) is 7.25. The molecule has 1 spiro atoms. The Hall–Kier alpha value is -0.450. The number of nitrogens with zero attached hydrogens (tertiary/aromatic N) is 1. The number of thiazole rings is 1. The molecule has 0 aliphatic heterocycles. The Morgan fingerprint density at radius 3 is 2.89 bits per heavy atom. The maximum atomic E-state index is 5.90. The van der Waals surface area contributed by atoms with Crippen molar-refractivity contribution in [3.8, 4) is 0 Å². The predicted octanol–water partition coefficient (Wildman–Crippen LogP) is 3.45. The smallest absolute Gasteiger partial charge is 0.110 e. The van der Waals surface area contributed by atoms with Gasteiger partial charge in [-0.1, -0.05) is 6.42 Å². The Balaban J connectivity index is 1.62. The summed E-state index contributed by atoms with van der Waals surface area (Å²) in [7, 11) is 0. The van der Waals surface area contributed by atoms with E-state index in [0.29, 0.717) is 23.6 Å². The lowest BCUT2D eigenvalue weighted by atomic mass is 9.51. The molecule has 0 aromatic carbocycles. The molecule has 0 saturated heterocycles. The zero-order valence-corrected chi connectivity index (χ0v) is 12.9. The topological polar surface area (TPSA) is 34.1 Å². The zero-order valence-electron chi connectivity index (χ0n) is 12.1. The number of hydrogen-bond donors (Lipinski definition) is 1. The van der Waals surface area contributed by atoms with Crippen LogP contribution in [-0.2, 0) is 4.74 Å². The summed E-state index contributed by atoms with van der Waals surface area (Å²) < 4.78 is 5.90. The largest absolute Gasteiger partial charge is 0.378 e. The van der Waals surface area contributed by atoms with E-state index in [1.54, 1.807) is 11.3 Å². The van der Waals surface area contributed by atoms with Gasteiger partial charge in [-0.25, -0.2) is 4.98 Å². The van der Waals surface area contributed by atoms with Crippen molar-refractivity contribution in [1.82, 2.24) is 10.3 Å². The molecule has 2 aliphatic rings. The van der Waals surface area contributed by atoms with E-state index in [9.17, 15) is 0 Å². The molecule has 3 unspecified atom stereocenters. The van der Waals surface area contributed by atoms with Crippen LogP contribution in [-0.4, -0.2) is 23.7 Å². The Morgan fingerprint density at radius 2 is 2.37 bits per heavy atom. The summed E-state index contributed by atoms with van der Waals surface area (Å²) in [6.07, 6.45) is 5.70. The van der Waals surface area contributed by atoms with E-state index >= 15 is 0 Å². The lowest BCUT2D eigenvalue weighted by Crippen LogP contribution is -2.67. The normalized spacial score (nSPS) is 29.8. The molecule has 19 heavy (non-hydrogen) atoms. The monoisotopic (exact) mass is 280 g/mol. The van der Waals surface area contributed by atoms with Gasteiger partial charge in [-0.2, -0.15) is 0 Å². The first-order chi connectivity index (χ1) is 9.15. The second kappa shape index (κ2) is 5.15. The molecular formula is C15H24N2OS. The van der Waals surface area contributed by atoms with Crippen LogP contribution >= 0.6 is 11.3 Å². The molecule has 3 atom stereocenters. The molecule has 2 fully saturated rings. The molecule has 1 heterocycles. The highest BCUT2D eigenvalue weighted by atomic mass is 32.1. The molecule has 0 bridgehead atoms. The van der Waals surface area contributed by atoms with E-state index in [1.807, 2.05) is 0 Å². The third-order valence-electron chi connectivity index (χ3n) is 4.90. The van der Waals surface area contributed by atoms with Crippen molar-refractivity contribution in [3.05, 3.63) is 16.1 Å². The molecule has 4 heteroatoms. The van der Waals surface area contributed by atoms with Crippen LogP contribution in [0.25, 0.3) is 0 Å². The molecule has 0 radical (unpaired) electrons. The minimum Gasteiger partial charge on any atom is -0.378 e. The first-order valence-electron chi connectivity index (χ1n) is 7.45. The molecule has 3 rings (SSSR count). The Bertz CT molecular complexity index is 441. The summed E-state index contributed by atoms with van der Waals surface area (Å²) in [4.78, 5) is 4.59. The summed E-state index contributed by atoms with van der Waals surface area (Å²) >= 11 is 1.77. The second-order valence-corrected chi connectivity index (χ2v) is 6.92. The van der Waals surface area contributed by atoms with Crippen molar-refractivity contribution < 1.29 is 4.74 Å². The molecular weight excluding hydrogens is 256 g/mol. The van der Waals surface area contributed by atoms with Gasteiger partial charge in [0, 0.05) is 29.1 Å². The van der Waals surface area contributed by atoms with Crippen molar-refractivity contribution in [1.29, 1.82) is 0 Å². The average Bonchev–Trinajstić information content (AvgIpc) is 2.72. The number of hydrogen-bond acceptors (Lipinski definition) is 4. The fraction of sp³-hybridized carbons (Fsp3) is 0.800. The number of ether oxygens (including phenoxy) is 1. The van der Waals surface area contributed by atoms with E-state index < -0.39 is 0 Å². The Labute approximate surface area is 119 Å². The van der Waals surface area contributed by atoms with Crippen LogP contribution in [0.4, 0.5) is 0 Å². The lowest BCUT2D eigenvalue weighted by Gasteiger charge is -2.61. The number of nitrogens with one attached hydrogen (secondary N) is 1. The number of rotatable bonds is 5. The van der Waals surface area contributed by atoms with Crippen LogP contribution < -0.4 is 5.32 Å². The second-order valence-electron chi connectivity index (χ2n) is 6.03. The number of aryl methyl sites for hydroxylation is 1.